The molecule has 3 heterocycles. The van der Waals surface area contributed by atoms with Gasteiger partial charge in [0, 0.05) is 52.5 Å². The Labute approximate surface area is 358 Å². The zero-order valence-corrected chi connectivity index (χ0v) is 35.7. The summed E-state index contributed by atoms with van der Waals surface area (Å²) in [4.78, 5) is 41.5. The number of anilines is 1. The minimum atomic E-state index is -0.911. The molecule has 0 bridgehead atoms. The van der Waals surface area contributed by atoms with Gasteiger partial charge in [-0.2, -0.15) is 9.84 Å². The van der Waals surface area contributed by atoms with Crippen molar-refractivity contribution in [3.8, 4) is 6.07 Å². The van der Waals surface area contributed by atoms with Gasteiger partial charge in [0.1, 0.15) is 12.4 Å². The molecule has 0 saturated heterocycles. The van der Waals surface area contributed by atoms with E-state index in [0.29, 0.717) is 47.9 Å². The van der Waals surface area contributed by atoms with Gasteiger partial charge in [-0.1, -0.05) is 83.0 Å². The molecule has 1 atom stereocenters. The standard InChI is InChI=1S/C48H53ClN4O7/c1-6-9-23-47(24-10-7-2)39-30-36(51-4)15-18-41(39)52(26-22-45(55)56)43(47)20-12-34(32-50)13-21-44-48(25-11-8-3,31-37-16-19-42(60-37)46(57)58-5)38-29-35(49)14-17-40(38)53(44)27-28-59-33-54/h12-21,29-30,33H,6-11,22-28,31H2,1-3,5H3/p+1. The van der Waals surface area contributed by atoms with Crippen molar-refractivity contribution in [3.63, 3.8) is 0 Å². The summed E-state index contributed by atoms with van der Waals surface area (Å²) in [5.41, 5.74) is 5.18. The van der Waals surface area contributed by atoms with Gasteiger partial charge in [0.15, 0.2) is 17.9 Å². The SMILES string of the molecule is [C-]#[N+]c1ccc2c(c1)C(CCCC)(CCCC)C(=CC=C(C#N)C=CC1=[N+](CCOC=O)c3ccc(Cl)cc3C1(CCCC)Cc1ccc(C(=O)OC)o1)N2CCC(=O)O. The Morgan fingerprint density at radius 1 is 1.02 bits per heavy atom. The van der Waals surface area contributed by atoms with E-state index in [1.807, 2.05) is 42.5 Å². The number of methoxy groups -OCH3 is 1. The van der Waals surface area contributed by atoms with E-state index in [9.17, 15) is 24.8 Å². The number of carbonyl (C=O) groups excluding carboxylic acids is 2. The van der Waals surface area contributed by atoms with Gasteiger partial charge < -0.3 is 23.9 Å². The van der Waals surface area contributed by atoms with Crippen LogP contribution in [0.4, 0.5) is 17.1 Å². The second kappa shape index (κ2) is 20.9. The fourth-order valence-electron chi connectivity index (χ4n) is 8.84. The van der Waals surface area contributed by atoms with Crippen LogP contribution >= 0.6 is 11.6 Å². The quantitative estimate of drug-likeness (QED) is 0.0199. The second-order valence-corrected chi connectivity index (χ2v) is 15.7. The number of ether oxygens (including phenoxy) is 2. The first-order chi connectivity index (χ1) is 29.1. The predicted octanol–water partition coefficient (Wildman–Crippen LogP) is 10.7. The maximum atomic E-state index is 12.4. The number of carbonyl (C=O) groups is 3. The Hall–Kier alpha value is -5.91. The molecule has 2 aliphatic rings. The third-order valence-electron chi connectivity index (χ3n) is 11.7. The number of hydrogen-bond donors (Lipinski definition) is 1. The summed E-state index contributed by atoms with van der Waals surface area (Å²) in [5, 5.41) is 21.1. The van der Waals surface area contributed by atoms with Crippen molar-refractivity contribution < 1.29 is 38.0 Å². The average molecular weight is 834 g/mol. The van der Waals surface area contributed by atoms with Crippen molar-refractivity contribution in [2.24, 2.45) is 0 Å². The van der Waals surface area contributed by atoms with Crippen molar-refractivity contribution in [1.82, 2.24) is 0 Å². The van der Waals surface area contributed by atoms with Crippen LogP contribution in [0, 0.1) is 17.9 Å². The van der Waals surface area contributed by atoms with E-state index < -0.39 is 22.8 Å². The summed E-state index contributed by atoms with van der Waals surface area (Å²) >= 11 is 6.70. The number of aliphatic carboxylic acids is 1. The lowest BCUT2D eigenvalue weighted by molar-refractivity contribution is -0.440. The molecule has 12 heteroatoms. The average Bonchev–Trinajstić information content (AvgIpc) is 3.90. The fraction of sp³-hybridized carbons (Fsp3) is 0.417. The van der Waals surface area contributed by atoms with E-state index in [-0.39, 0.29) is 25.3 Å². The number of carboxylic acid groups (broad SMARTS) is 1. The molecule has 2 aliphatic heterocycles. The van der Waals surface area contributed by atoms with Gasteiger partial charge in [-0.05, 0) is 73.4 Å². The summed E-state index contributed by atoms with van der Waals surface area (Å²) in [6.45, 7) is 15.3. The predicted molar refractivity (Wildman–Crippen MR) is 232 cm³/mol. The number of furan rings is 1. The van der Waals surface area contributed by atoms with Crippen LogP contribution in [0.1, 0.15) is 112 Å². The molecule has 0 amide bonds. The summed E-state index contributed by atoms with van der Waals surface area (Å²) in [7, 11) is 1.30. The highest BCUT2D eigenvalue weighted by atomic mass is 35.5. The van der Waals surface area contributed by atoms with Crippen molar-refractivity contribution in [2.75, 3.05) is 31.7 Å². The molecule has 1 unspecified atom stereocenters. The van der Waals surface area contributed by atoms with E-state index in [1.165, 1.54) is 7.11 Å². The first-order valence-corrected chi connectivity index (χ1v) is 21.1. The Morgan fingerprint density at radius 3 is 2.37 bits per heavy atom. The number of nitrogens with zero attached hydrogens (tertiary/aromatic N) is 4. The minimum Gasteiger partial charge on any atom is -0.481 e. The molecule has 314 valence electrons. The normalized spacial score (nSPS) is 17.4. The molecule has 2 aromatic carbocycles. The Bertz CT molecular complexity index is 2260. The fourth-order valence-corrected chi connectivity index (χ4v) is 9.02. The van der Waals surface area contributed by atoms with Crippen LogP contribution < -0.4 is 4.90 Å². The molecule has 0 radical (unpaired) electrons. The maximum absolute atomic E-state index is 12.4. The number of halogens is 1. The lowest BCUT2D eigenvalue weighted by atomic mass is 9.70. The first kappa shape index (κ1) is 45.2. The molecule has 0 saturated carbocycles. The molecular weight excluding hydrogens is 780 g/mol. The van der Waals surface area contributed by atoms with Crippen LogP contribution in [-0.2, 0) is 36.3 Å². The summed E-state index contributed by atoms with van der Waals surface area (Å²) in [5.74, 6) is -0.843. The third-order valence-corrected chi connectivity index (χ3v) is 11.9. The zero-order valence-electron chi connectivity index (χ0n) is 35.0. The van der Waals surface area contributed by atoms with Crippen LogP contribution in [0.5, 0.6) is 0 Å². The molecular formula is C48H54ClN4O7+. The molecule has 5 rings (SSSR count). The monoisotopic (exact) mass is 833 g/mol. The van der Waals surface area contributed by atoms with E-state index in [2.05, 4.69) is 41.2 Å². The summed E-state index contributed by atoms with van der Waals surface area (Å²) in [6.07, 6.45) is 15.5. The van der Waals surface area contributed by atoms with E-state index in [4.69, 9.17) is 32.1 Å². The Balaban J connectivity index is 1.71. The van der Waals surface area contributed by atoms with Gasteiger partial charge in [0.25, 0.3) is 6.47 Å². The molecule has 1 aromatic heterocycles. The molecule has 0 spiro atoms. The number of carboxylic acids is 1. The van der Waals surface area contributed by atoms with E-state index in [0.717, 1.165) is 85.3 Å². The lowest BCUT2D eigenvalue weighted by Gasteiger charge is -2.34. The van der Waals surface area contributed by atoms with Crippen LogP contribution in [0.25, 0.3) is 4.85 Å². The van der Waals surface area contributed by atoms with Gasteiger partial charge in [0.2, 0.25) is 11.4 Å². The number of rotatable bonds is 22. The van der Waals surface area contributed by atoms with Crippen molar-refractivity contribution in [3.05, 3.63) is 123 Å². The van der Waals surface area contributed by atoms with E-state index in [1.54, 1.807) is 30.4 Å². The van der Waals surface area contributed by atoms with Crippen LogP contribution in [0.15, 0.2) is 88.5 Å². The number of allylic oxidation sites excluding steroid dienone is 6. The largest absolute Gasteiger partial charge is 0.481 e. The van der Waals surface area contributed by atoms with Crippen molar-refractivity contribution in [2.45, 2.75) is 102 Å². The van der Waals surface area contributed by atoms with Crippen molar-refractivity contribution in [1.29, 1.82) is 5.26 Å². The zero-order chi connectivity index (χ0) is 43.3. The van der Waals surface area contributed by atoms with Gasteiger partial charge in [-0.15, -0.1) is 0 Å². The minimum absolute atomic E-state index is 0.0864. The van der Waals surface area contributed by atoms with E-state index >= 15 is 0 Å². The maximum Gasteiger partial charge on any atom is 0.373 e. The molecule has 1 N–H and O–H groups in total. The van der Waals surface area contributed by atoms with Gasteiger partial charge in [0.05, 0.1) is 37.2 Å². The molecule has 11 nitrogen and oxygen atoms in total. The second-order valence-electron chi connectivity index (χ2n) is 15.3. The lowest BCUT2D eigenvalue weighted by Crippen LogP contribution is -2.37. The Morgan fingerprint density at radius 2 is 1.73 bits per heavy atom. The summed E-state index contributed by atoms with van der Waals surface area (Å²) < 4.78 is 18.3. The van der Waals surface area contributed by atoms with Crippen LogP contribution in [-0.4, -0.2) is 60.6 Å². The molecule has 0 fully saturated rings. The molecule has 60 heavy (non-hydrogen) atoms. The number of nitriles is 1. The number of fused-ring (bicyclic) bond motifs is 2. The smallest absolute Gasteiger partial charge is 0.373 e. The summed E-state index contributed by atoms with van der Waals surface area (Å²) in [6, 6.07) is 17.2. The van der Waals surface area contributed by atoms with Gasteiger partial charge >= 0.3 is 11.9 Å². The number of esters is 1. The van der Waals surface area contributed by atoms with Crippen LogP contribution in [0.2, 0.25) is 5.02 Å². The number of hydrogen-bond acceptors (Lipinski definition) is 8. The first-order valence-electron chi connectivity index (χ1n) is 20.8. The number of benzene rings is 2. The highest BCUT2D eigenvalue weighted by Gasteiger charge is 2.52. The Kier molecular flexibility index (Phi) is 15.7. The topological polar surface area (TPSA) is 137 Å². The van der Waals surface area contributed by atoms with Crippen LogP contribution in [0.3, 0.4) is 0 Å². The number of unbranched alkanes of at least 4 members (excludes halogenated alkanes) is 3. The van der Waals surface area contributed by atoms with Crippen molar-refractivity contribution >= 4 is 52.8 Å². The molecule has 3 aromatic rings. The highest BCUT2D eigenvalue weighted by molar-refractivity contribution is 6.30. The molecule has 0 aliphatic carbocycles. The highest BCUT2D eigenvalue weighted by Crippen LogP contribution is 2.55. The van der Waals surface area contributed by atoms with Gasteiger partial charge in [-0.3, -0.25) is 9.59 Å². The third kappa shape index (κ3) is 9.59. The van der Waals surface area contributed by atoms with Gasteiger partial charge in [-0.25, -0.2) is 9.64 Å².